The molecular formula is C24H22Cl2N4O. The number of hydrogen-bond acceptors (Lipinski definition) is 3. The summed E-state index contributed by atoms with van der Waals surface area (Å²) in [5.41, 5.74) is 3.62. The average Bonchev–Trinajstić information content (AvgIpc) is 3.44. The summed E-state index contributed by atoms with van der Waals surface area (Å²) in [6, 6.07) is 17.5. The molecule has 2 aliphatic rings. The van der Waals surface area contributed by atoms with Crippen LogP contribution in [0.2, 0.25) is 10.0 Å². The van der Waals surface area contributed by atoms with Crippen molar-refractivity contribution in [3.05, 3.63) is 93.2 Å². The van der Waals surface area contributed by atoms with Crippen molar-refractivity contribution in [3.63, 3.8) is 0 Å². The molecule has 3 aromatic rings. The Balaban J connectivity index is 1.50. The first-order chi connectivity index (χ1) is 15.0. The van der Waals surface area contributed by atoms with E-state index >= 15 is 0 Å². The van der Waals surface area contributed by atoms with E-state index in [0.29, 0.717) is 21.5 Å². The third-order valence-electron chi connectivity index (χ3n) is 6.20. The van der Waals surface area contributed by atoms with Crippen LogP contribution < -0.4 is 5.32 Å². The number of aromatic nitrogens is 2. The van der Waals surface area contributed by atoms with Crippen LogP contribution in [0.4, 0.5) is 5.82 Å². The lowest BCUT2D eigenvalue weighted by Gasteiger charge is -2.32. The molecule has 2 aromatic carbocycles. The van der Waals surface area contributed by atoms with E-state index in [1.54, 1.807) is 12.3 Å². The number of carbonyl (C=O) groups excluding carboxylic acids is 1. The summed E-state index contributed by atoms with van der Waals surface area (Å²) in [5, 5.41) is 8.75. The largest absolute Gasteiger partial charge is 0.344 e. The fourth-order valence-electron chi connectivity index (χ4n) is 4.48. The van der Waals surface area contributed by atoms with Crippen LogP contribution in [-0.2, 0) is 4.79 Å². The fourth-order valence-corrected chi connectivity index (χ4v) is 4.79. The lowest BCUT2D eigenvalue weighted by atomic mass is 9.94. The molecule has 1 amide bonds. The van der Waals surface area contributed by atoms with Crippen LogP contribution in [0.15, 0.2) is 72.1 Å². The summed E-state index contributed by atoms with van der Waals surface area (Å²) in [4.78, 5) is 15.6. The molecule has 31 heavy (non-hydrogen) atoms. The number of nitrogens with zero attached hydrogens (tertiary/aromatic N) is 3. The van der Waals surface area contributed by atoms with E-state index in [1.807, 2.05) is 60.0 Å². The van der Waals surface area contributed by atoms with Crippen molar-refractivity contribution in [1.29, 1.82) is 0 Å². The van der Waals surface area contributed by atoms with Crippen LogP contribution in [0, 0.1) is 0 Å². The number of hydrogen-bond donors (Lipinski definition) is 1. The van der Waals surface area contributed by atoms with Crippen molar-refractivity contribution in [1.82, 2.24) is 14.7 Å². The Hall–Kier alpha value is -2.76. The molecule has 158 valence electrons. The summed E-state index contributed by atoms with van der Waals surface area (Å²) in [7, 11) is 1.89. The molecule has 1 aromatic heterocycles. The van der Waals surface area contributed by atoms with Gasteiger partial charge in [0.15, 0.2) is 0 Å². The number of likely N-dealkylation sites (N-methyl/N-ethyl adjacent to an activating group) is 1. The molecule has 1 fully saturated rings. The second-order valence-electron chi connectivity index (χ2n) is 8.14. The van der Waals surface area contributed by atoms with Crippen molar-refractivity contribution >= 4 is 34.9 Å². The Morgan fingerprint density at radius 1 is 1.10 bits per heavy atom. The highest BCUT2D eigenvalue weighted by Crippen LogP contribution is 2.46. The van der Waals surface area contributed by atoms with Gasteiger partial charge in [-0.15, -0.1) is 0 Å². The summed E-state index contributed by atoms with van der Waals surface area (Å²) < 4.78 is 1.83. The number of benzene rings is 2. The molecule has 7 heteroatoms. The number of carbonyl (C=O) groups is 1. The molecule has 5 rings (SSSR count). The third-order valence-corrected chi connectivity index (χ3v) is 6.94. The van der Waals surface area contributed by atoms with Crippen LogP contribution in [0.5, 0.6) is 0 Å². The monoisotopic (exact) mass is 452 g/mol. The molecular weight excluding hydrogens is 431 g/mol. The minimum Gasteiger partial charge on any atom is -0.344 e. The molecule has 5 nitrogen and oxygen atoms in total. The summed E-state index contributed by atoms with van der Waals surface area (Å²) in [6.07, 6.45) is 2.69. The Labute approximate surface area is 191 Å². The Bertz CT molecular complexity index is 1190. The van der Waals surface area contributed by atoms with Gasteiger partial charge >= 0.3 is 0 Å². The summed E-state index contributed by atoms with van der Waals surface area (Å²) in [5.74, 6) is 1.20. The van der Waals surface area contributed by atoms with Gasteiger partial charge in [-0.25, -0.2) is 4.68 Å². The van der Waals surface area contributed by atoms with Gasteiger partial charge in [0, 0.05) is 30.8 Å². The zero-order valence-corrected chi connectivity index (χ0v) is 18.7. The van der Waals surface area contributed by atoms with Crippen LogP contribution in [0.3, 0.4) is 0 Å². The molecule has 0 saturated heterocycles. The zero-order chi connectivity index (χ0) is 21.7. The smallest absolute Gasteiger partial charge is 0.254 e. The van der Waals surface area contributed by atoms with Crippen molar-refractivity contribution in [2.45, 2.75) is 31.3 Å². The number of rotatable bonds is 4. The van der Waals surface area contributed by atoms with Gasteiger partial charge < -0.3 is 10.2 Å². The molecule has 0 spiro atoms. The highest BCUT2D eigenvalue weighted by atomic mass is 35.5. The van der Waals surface area contributed by atoms with Gasteiger partial charge in [0.1, 0.15) is 11.9 Å². The van der Waals surface area contributed by atoms with Crippen molar-refractivity contribution in [3.8, 4) is 0 Å². The van der Waals surface area contributed by atoms with Crippen LogP contribution >= 0.6 is 23.2 Å². The molecule has 1 unspecified atom stereocenters. The first-order valence-electron chi connectivity index (χ1n) is 10.2. The topological polar surface area (TPSA) is 50.2 Å². The number of halogens is 2. The van der Waals surface area contributed by atoms with E-state index in [9.17, 15) is 4.79 Å². The normalized spacial score (nSPS) is 22.0. The van der Waals surface area contributed by atoms with E-state index in [1.165, 1.54) is 5.56 Å². The van der Waals surface area contributed by atoms with Crippen LogP contribution in [-0.4, -0.2) is 33.7 Å². The minimum atomic E-state index is -0.384. The molecule has 0 bridgehead atoms. The van der Waals surface area contributed by atoms with Gasteiger partial charge in [0.25, 0.3) is 5.91 Å². The zero-order valence-electron chi connectivity index (χ0n) is 17.2. The Morgan fingerprint density at radius 3 is 2.61 bits per heavy atom. The van der Waals surface area contributed by atoms with Crippen LogP contribution in [0.1, 0.15) is 36.4 Å². The Morgan fingerprint density at radius 2 is 1.87 bits per heavy atom. The lowest BCUT2D eigenvalue weighted by molar-refractivity contribution is -0.127. The summed E-state index contributed by atoms with van der Waals surface area (Å²) in [6.45, 7) is 1.93. The van der Waals surface area contributed by atoms with Gasteiger partial charge in [-0.05, 0) is 36.6 Å². The maximum absolute atomic E-state index is 13.8. The van der Waals surface area contributed by atoms with Gasteiger partial charge in [-0.3, -0.25) is 4.79 Å². The molecule has 1 N–H and O–H groups in total. The van der Waals surface area contributed by atoms with E-state index < -0.39 is 0 Å². The number of amides is 1. The van der Waals surface area contributed by atoms with E-state index in [0.717, 1.165) is 23.5 Å². The second kappa shape index (κ2) is 7.74. The first kappa shape index (κ1) is 20.2. The third kappa shape index (κ3) is 3.52. The maximum Gasteiger partial charge on any atom is 0.254 e. The highest BCUT2D eigenvalue weighted by molar-refractivity contribution is 6.42. The molecule has 1 aliphatic carbocycles. The van der Waals surface area contributed by atoms with Gasteiger partial charge in [0.2, 0.25) is 0 Å². The summed E-state index contributed by atoms with van der Waals surface area (Å²) >= 11 is 12.5. The van der Waals surface area contributed by atoms with E-state index in [-0.39, 0.29) is 18.0 Å². The second-order valence-corrected chi connectivity index (χ2v) is 8.95. The van der Waals surface area contributed by atoms with Gasteiger partial charge in [-0.2, -0.15) is 5.10 Å². The fraction of sp³-hybridized carbons (Fsp3) is 0.250. The highest BCUT2D eigenvalue weighted by Gasteiger charge is 2.45. The van der Waals surface area contributed by atoms with Crippen molar-refractivity contribution in [2.24, 2.45) is 0 Å². The quantitative estimate of drug-likeness (QED) is 0.568. The first-order valence-corrected chi connectivity index (χ1v) is 11.0. The van der Waals surface area contributed by atoms with Crippen molar-refractivity contribution < 1.29 is 4.79 Å². The van der Waals surface area contributed by atoms with E-state index in [2.05, 4.69) is 22.5 Å². The molecule has 1 saturated carbocycles. The number of anilines is 1. The molecule has 0 radical (unpaired) electrons. The lowest BCUT2D eigenvalue weighted by Crippen LogP contribution is -2.37. The SMILES string of the molecule is CC1=C(C(=O)N(C)[C@H]2C[C@@H]2c2ccccc2)C(c2ccc(Cl)c(Cl)c2)n2nccc2N1. The standard InChI is InChI=1S/C24H22Cl2N4O/c1-14-22(24(31)29(2)20-13-17(20)15-6-4-3-5-7-15)23(30-21(28-14)10-11-27-30)16-8-9-18(25)19(26)12-16/h3-12,17,20,23,28H,13H2,1-2H3/t17-,20+,23?/m1/s1. The Kier molecular flexibility index (Phi) is 5.03. The average molecular weight is 453 g/mol. The predicted octanol–water partition coefficient (Wildman–Crippen LogP) is 5.49. The molecule has 2 heterocycles. The number of allylic oxidation sites excluding steroid dienone is 1. The molecule has 3 atom stereocenters. The van der Waals surface area contributed by atoms with Gasteiger partial charge in [-0.1, -0.05) is 59.6 Å². The van der Waals surface area contributed by atoms with Crippen LogP contribution in [0.25, 0.3) is 0 Å². The number of nitrogens with one attached hydrogen (secondary N) is 1. The predicted molar refractivity (Wildman–Crippen MR) is 124 cm³/mol. The van der Waals surface area contributed by atoms with Crippen molar-refractivity contribution in [2.75, 3.05) is 12.4 Å². The maximum atomic E-state index is 13.8. The minimum absolute atomic E-state index is 0.00865. The van der Waals surface area contributed by atoms with Gasteiger partial charge in [0.05, 0.1) is 21.8 Å². The van der Waals surface area contributed by atoms with E-state index in [4.69, 9.17) is 23.2 Å². The number of fused-ring (bicyclic) bond motifs is 1. The molecule has 1 aliphatic heterocycles.